The van der Waals surface area contributed by atoms with E-state index in [2.05, 4.69) is 16.4 Å². The lowest BCUT2D eigenvalue weighted by atomic mass is 10.1. The molecule has 1 amide bonds. The molecular weight excluding hydrogens is 320 g/mol. The number of hydrogen-bond acceptors (Lipinski definition) is 3. The number of pyridine rings is 1. The maximum absolute atomic E-state index is 12.1. The largest absolute Gasteiger partial charge is 0.356 e. The lowest BCUT2D eigenvalue weighted by Gasteiger charge is -2.06. The third kappa shape index (κ3) is 4.11. The van der Waals surface area contributed by atoms with E-state index in [4.69, 9.17) is 0 Å². The second-order valence-corrected chi connectivity index (χ2v) is 6.93. The van der Waals surface area contributed by atoms with Gasteiger partial charge in [0.25, 0.3) is 5.56 Å². The number of carbonyl (C=O) groups excluding carboxylic acids is 1. The Balaban J connectivity index is 1.56. The molecule has 0 spiro atoms. The molecule has 0 radical (unpaired) electrons. The van der Waals surface area contributed by atoms with Crippen LogP contribution in [0, 0.1) is 6.92 Å². The van der Waals surface area contributed by atoms with E-state index in [1.165, 1.54) is 4.88 Å². The molecule has 0 aliphatic heterocycles. The Morgan fingerprint density at radius 1 is 1.21 bits per heavy atom. The van der Waals surface area contributed by atoms with Crippen molar-refractivity contribution >= 4 is 28.1 Å². The van der Waals surface area contributed by atoms with Crippen molar-refractivity contribution in [3.05, 3.63) is 68.1 Å². The van der Waals surface area contributed by atoms with Gasteiger partial charge in [0.2, 0.25) is 5.91 Å². The number of aromatic amines is 1. The third-order valence-electron chi connectivity index (χ3n) is 3.97. The van der Waals surface area contributed by atoms with Crippen molar-refractivity contribution in [3.63, 3.8) is 0 Å². The molecule has 4 nitrogen and oxygen atoms in total. The van der Waals surface area contributed by atoms with E-state index >= 15 is 0 Å². The van der Waals surface area contributed by atoms with Crippen LogP contribution >= 0.6 is 11.3 Å². The zero-order valence-corrected chi connectivity index (χ0v) is 14.4. The SMILES string of the molecule is Cc1ccc2cc(CCC(=O)NCCc3cccs3)c(=O)[nH]c2c1. The highest BCUT2D eigenvalue weighted by atomic mass is 32.1. The number of fused-ring (bicyclic) bond motifs is 1. The van der Waals surface area contributed by atoms with Crippen molar-refractivity contribution in [2.45, 2.75) is 26.2 Å². The van der Waals surface area contributed by atoms with E-state index in [1.807, 2.05) is 42.6 Å². The highest BCUT2D eigenvalue weighted by molar-refractivity contribution is 7.09. The minimum absolute atomic E-state index is 0.0186. The Bertz CT molecular complexity index is 897. The number of rotatable bonds is 6. The van der Waals surface area contributed by atoms with Crippen molar-refractivity contribution in [1.82, 2.24) is 10.3 Å². The van der Waals surface area contributed by atoms with E-state index in [9.17, 15) is 9.59 Å². The van der Waals surface area contributed by atoms with Gasteiger partial charge in [-0.3, -0.25) is 9.59 Å². The van der Waals surface area contributed by atoms with E-state index in [1.54, 1.807) is 11.3 Å². The molecule has 2 heterocycles. The summed E-state index contributed by atoms with van der Waals surface area (Å²) in [5.41, 5.74) is 2.49. The summed E-state index contributed by atoms with van der Waals surface area (Å²) in [6.45, 7) is 2.62. The van der Waals surface area contributed by atoms with Crippen LogP contribution in [0.4, 0.5) is 0 Å². The quantitative estimate of drug-likeness (QED) is 0.724. The van der Waals surface area contributed by atoms with Gasteiger partial charge in [0, 0.05) is 28.9 Å². The average molecular weight is 340 g/mol. The third-order valence-corrected chi connectivity index (χ3v) is 4.91. The average Bonchev–Trinajstić information content (AvgIpc) is 3.06. The first kappa shape index (κ1) is 16.5. The highest BCUT2D eigenvalue weighted by Crippen LogP contribution is 2.13. The molecule has 2 aromatic heterocycles. The first-order chi connectivity index (χ1) is 11.6. The topological polar surface area (TPSA) is 62.0 Å². The number of amides is 1. The van der Waals surface area contributed by atoms with E-state index < -0.39 is 0 Å². The first-order valence-corrected chi connectivity index (χ1v) is 8.91. The Labute approximate surface area is 144 Å². The molecule has 0 aliphatic rings. The number of aryl methyl sites for hydroxylation is 2. The van der Waals surface area contributed by atoms with Gasteiger partial charge in [-0.2, -0.15) is 0 Å². The number of benzene rings is 1. The van der Waals surface area contributed by atoms with Crippen molar-refractivity contribution in [2.75, 3.05) is 6.54 Å². The van der Waals surface area contributed by atoms with Gasteiger partial charge in [0.15, 0.2) is 0 Å². The predicted octanol–water partition coefficient (Wildman–Crippen LogP) is 3.19. The molecule has 0 aliphatic carbocycles. The lowest BCUT2D eigenvalue weighted by molar-refractivity contribution is -0.121. The summed E-state index contributed by atoms with van der Waals surface area (Å²) < 4.78 is 0. The number of nitrogens with one attached hydrogen (secondary N) is 2. The molecule has 0 unspecified atom stereocenters. The normalized spacial score (nSPS) is 10.9. The summed E-state index contributed by atoms with van der Waals surface area (Å²) in [6, 6.07) is 11.9. The molecule has 24 heavy (non-hydrogen) atoms. The zero-order valence-electron chi connectivity index (χ0n) is 13.6. The summed E-state index contributed by atoms with van der Waals surface area (Å²) >= 11 is 1.69. The number of aromatic nitrogens is 1. The number of hydrogen-bond donors (Lipinski definition) is 2. The van der Waals surface area contributed by atoms with Crippen molar-refractivity contribution in [3.8, 4) is 0 Å². The van der Waals surface area contributed by atoms with Gasteiger partial charge in [0.05, 0.1) is 0 Å². The van der Waals surface area contributed by atoms with Gasteiger partial charge in [0.1, 0.15) is 0 Å². The Hall–Kier alpha value is -2.40. The van der Waals surface area contributed by atoms with Crippen molar-refractivity contribution in [2.24, 2.45) is 0 Å². The van der Waals surface area contributed by atoms with Crippen LogP contribution in [-0.2, 0) is 17.6 Å². The fourth-order valence-electron chi connectivity index (χ4n) is 2.66. The minimum Gasteiger partial charge on any atom is -0.356 e. The molecule has 0 saturated carbocycles. The number of H-pyrrole nitrogens is 1. The molecule has 0 bridgehead atoms. The predicted molar refractivity (Wildman–Crippen MR) is 98.7 cm³/mol. The second kappa shape index (κ2) is 7.45. The Kier molecular flexibility index (Phi) is 5.11. The molecule has 0 fully saturated rings. The molecule has 3 aromatic rings. The summed E-state index contributed by atoms with van der Waals surface area (Å²) in [6.07, 6.45) is 1.62. The van der Waals surface area contributed by atoms with Gasteiger partial charge in [-0.25, -0.2) is 0 Å². The summed E-state index contributed by atoms with van der Waals surface area (Å²) in [5.74, 6) is -0.0186. The van der Waals surface area contributed by atoms with Crippen LogP contribution in [0.2, 0.25) is 0 Å². The monoisotopic (exact) mass is 340 g/mol. The Morgan fingerprint density at radius 3 is 2.88 bits per heavy atom. The first-order valence-electron chi connectivity index (χ1n) is 8.03. The van der Waals surface area contributed by atoms with Crippen LogP contribution in [0.1, 0.15) is 22.4 Å². The molecule has 1 aromatic carbocycles. The molecular formula is C19H20N2O2S. The van der Waals surface area contributed by atoms with Gasteiger partial charge in [-0.05, 0) is 54.3 Å². The fraction of sp³-hybridized carbons (Fsp3) is 0.263. The molecule has 2 N–H and O–H groups in total. The van der Waals surface area contributed by atoms with Crippen molar-refractivity contribution in [1.29, 1.82) is 0 Å². The van der Waals surface area contributed by atoms with Gasteiger partial charge >= 0.3 is 0 Å². The number of carbonyl (C=O) groups is 1. The second-order valence-electron chi connectivity index (χ2n) is 5.89. The van der Waals surface area contributed by atoms with Crippen LogP contribution in [0.25, 0.3) is 10.9 Å². The highest BCUT2D eigenvalue weighted by Gasteiger charge is 2.07. The fourth-order valence-corrected chi connectivity index (χ4v) is 3.37. The molecule has 0 saturated heterocycles. The van der Waals surface area contributed by atoms with Gasteiger partial charge in [-0.15, -0.1) is 11.3 Å². The van der Waals surface area contributed by atoms with E-state index in [0.717, 1.165) is 22.9 Å². The lowest BCUT2D eigenvalue weighted by Crippen LogP contribution is -2.26. The molecule has 3 rings (SSSR count). The van der Waals surface area contributed by atoms with Crippen LogP contribution in [0.3, 0.4) is 0 Å². The minimum atomic E-state index is -0.112. The van der Waals surface area contributed by atoms with E-state index in [-0.39, 0.29) is 11.5 Å². The van der Waals surface area contributed by atoms with Gasteiger partial charge < -0.3 is 10.3 Å². The summed E-state index contributed by atoms with van der Waals surface area (Å²) in [5, 5.41) is 5.94. The van der Waals surface area contributed by atoms with Crippen LogP contribution < -0.4 is 10.9 Å². The van der Waals surface area contributed by atoms with Crippen LogP contribution in [0.15, 0.2) is 46.6 Å². The summed E-state index contributed by atoms with van der Waals surface area (Å²) in [4.78, 5) is 28.2. The number of thiophene rings is 1. The van der Waals surface area contributed by atoms with E-state index in [0.29, 0.717) is 24.9 Å². The molecule has 124 valence electrons. The molecule has 0 atom stereocenters. The standard InChI is InChI=1S/C19H20N2O2S/c1-13-4-5-14-12-15(19(23)21-17(14)11-13)6-7-18(22)20-9-8-16-3-2-10-24-16/h2-5,10-12H,6-9H2,1H3,(H,20,22)(H,21,23). The van der Waals surface area contributed by atoms with Crippen LogP contribution in [-0.4, -0.2) is 17.4 Å². The summed E-state index contributed by atoms with van der Waals surface area (Å²) in [7, 11) is 0. The Morgan fingerprint density at radius 2 is 2.08 bits per heavy atom. The maximum Gasteiger partial charge on any atom is 0.251 e. The maximum atomic E-state index is 12.1. The van der Waals surface area contributed by atoms with Crippen molar-refractivity contribution < 1.29 is 4.79 Å². The van der Waals surface area contributed by atoms with Crippen LogP contribution in [0.5, 0.6) is 0 Å². The van der Waals surface area contributed by atoms with Gasteiger partial charge in [-0.1, -0.05) is 18.2 Å². The smallest absolute Gasteiger partial charge is 0.251 e. The zero-order chi connectivity index (χ0) is 16.9. The molecule has 5 heteroatoms.